The van der Waals surface area contributed by atoms with Gasteiger partial charge in [-0.15, -0.1) is 0 Å². The molecule has 0 bridgehead atoms. The summed E-state index contributed by atoms with van der Waals surface area (Å²) in [7, 11) is 0. The first-order valence-electron chi connectivity index (χ1n) is 7.22. The molecule has 0 saturated heterocycles. The largest absolute Gasteiger partial charge is 0.445 e. The number of halogens is 2. The predicted molar refractivity (Wildman–Crippen MR) is 89.7 cm³/mol. The van der Waals surface area contributed by atoms with Gasteiger partial charge in [-0.3, -0.25) is 0 Å². The standard InChI is InChI=1S/C18H17ClFNO2/c19-17-15(10-6-11-16(17)20)9-4-5-12-21-18(22)23-13-14-7-2-1-3-8-14/h1-4,6-11H,5,12-13H2,(H,21,22). The van der Waals surface area contributed by atoms with Gasteiger partial charge in [0.15, 0.2) is 0 Å². The zero-order valence-corrected chi connectivity index (χ0v) is 13.2. The molecule has 0 spiro atoms. The predicted octanol–water partition coefficient (Wildman–Crippen LogP) is 4.81. The highest BCUT2D eigenvalue weighted by Gasteiger charge is 2.02. The Labute approximate surface area is 139 Å². The van der Waals surface area contributed by atoms with Crippen molar-refractivity contribution in [3.05, 3.63) is 76.6 Å². The minimum atomic E-state index is -0.467. The van der Waals surface area contributed by atoms with Gasteiger partial charge in [-0.25, -0.2) is 9.18 Å². The van der Waals surface area contributed by atoms with Crippen molar-refractivity contribution in [2.45, 2.75) is 13.0 Å². The molecule has 0 aliphatic rings. The third kappa shape index (κ3) is 5.75. The molecule has 0 unspecified atom stereocenters. The average molecular weight is 334 g/mol. The molecule has 1 amide bonds. The molecule has 0 atom stereocenters. The van der Waals surface area contributed by atoms with Crippen LogP contribution in [0.15, 0.2) is 54.6 Å². The maximum absolute atomic E-state index is 13.2. The molecule has 3 nitrogen and oxygen atoms in total. The summed E-state index contributed by atoms with van der Waals surface area (Å²) in [4.78, 5) is 11.5. The lowest BCUT2D eigenvalue weighted by Gasteiger charge is -2.06. The summed E-state index contributed by atoms with van der Waals surface area (Å²) < 4.78 is 18.3. The van der Waals surface area contributed by atoms with E-state index in [1.165, 1.54) is 6.07 Å². The average Bonchev–Trinajstić information content (AvgIpc) is 2.57. The van der Waals surface area contributed by atoms with Gasteiger partial charge < -0.3 is 10.1 Å². The van der Waals surface area contributed by atoms with Crippen LogP contribution in [0.1, 0.15) is 17.5 Å². The number of ether oxygens (including phenoxy) is 1. The number of benzene rings is 2. The Morgan fingerprint density at radius 1 is 1.17 bits per heavy atom. The second kappa shape index (κ2) is 8.96. The second-order valence-electron chi connectivity index (χ2n) is 4.82. The molecular formula is C18H17ClFNO2. The summed E-state index contributed by atoms with van der Waals surface area (Å²) in [6, 6.07) is 14.1. The van der Waals surface area contributed by atoms with Crippen molar-refractivity contribution >= 4 is 23.8 Å². The Morgan fingerprint density at radius 3 is 2.74 bits per heavy atom. The van der Waals surface area contributed by atoms with E-state index in [1.807, 2.05) is 36.4 Å². The second-order valence-corrected chi connectivity index (χ2v) is 5.20. The Morgan fingerprint density at radius 2 is 1.96 bits per heavy atom. The summed E-state index contributed by atoms with van der Waals surface area (Å²) in [5, 5.41) is 2.74. The fourth-order valence-corrected chi connectivity index (χ4v) is 2.08. The zero-order valence-electron chi connectivity index (χ0n) is 12.5. The van der Waals surface area contributed by atoms with Crippen LogP contribution in [0, 0.1) is 5.82 Å². The van der Waals surface area contributed by atoms with Crippen LogP contribution in [-0.2, 0) is 11.3 Å². The molecule has 2 aromatic carbocycles. The zero-order chi connectivity index (χ0) is 16.5. The quantitative estimate of drug-likeness (QED) is 0.770. The van der Waals surface area contributed by atoms with Crippen LogP contribution in [0.25, 0.3) is 6.08 Å². The molecule has 2 rings (SSSR count). The number of hydrogen-bond acceptors (Lipinski definition) is 2. The van der Waals surface area contributed by atoms with Crippen LogP contribution in [0.3, 0.4) is 0 Å². The van der Waals surface area contributed by atoms with Crippen molar-refractivity contribution in [2.24, 2.45) is 0 Å². The van der Waals surface area contributed by atoms with Crippen LogP contribution < -0.4 is 5.32 Å². The van der Waals surface area contributed by atoms with E-state index in [9.17, 15) is 9.18 Å². The SMILES string of the molecule is O=C(NCCC=Cc1cccc(F)c1Cl)OCc1ccccc1. The van der Waals surface area contributed by atoms with E-state index in [2.05, 4.69) is 5.32 Å². The lowest BCUT2D eigenvalue weighted by Crippen LogP contribution is -2.24. The van der Waals surface area contributed by atoms with Gasteiger partial charge in [-0.2, -0.15) is 0 Å². The first kappa shape index (κ1) is 17.0. The summed E-state index contributed by atoms with van der Waals surface area (Å²) in [6.07, 6.45) is 3.67. The molecule has 0 aromatic heterocycles. The molecule has 5 heteroatoms. The molecule has 1 N–H and O–H groups in total. The lowest BCUT2D eigenvalue weighted by atomic mass is 10.2. The van der Waals surface area contributed by atoms with E-state index < -0.39 is 11.9 Å². The monoisotopic (exact) mass is 333 g/mol. The summed E-state index contributed by atoms with van der Waals surface area (Å²) in [5.74, 6) is -0.448. The number of nitrogens with one attached hydrogen (secondary N) is 1. The number of carbonyl (C=O) groups is 1. The van der Waals surface area contributed by atoms with Gasteiger partial charge in [0.25, 0.3) is 0 Å². The molecule has 0 aliphatic carbocycles. The fourth-order valence-electron chi connectivity index (χ4n) is 1.89. The van der Waals surface area contributed by atoms with E-state index in [4.69, 9.17) is 16.3 Å². The van der Waals surface area contributed by atoms with Crippen molar-refractivity contribution in [3.8, 4) is 0 Å². The Kier molecular flexibility index (Phi) is 6.63. The maximum Gasteiger partial charge on any atom is 0.407 e. The summed E-state index contributed by atoms with van der Waals surface area (Å²) in [6.45, 7) is 0.665. The highest BCUT2D eigenvalue weighted by molar-refractivity contribution is 6.32. The minimum Gasteiger partial charge on any atom is -0.445 e. The Bertz CT molecular complexity index is 674. The Hall–Kier alpha value is -2.33. The summed E-state index contributed by atoms with van der Waals surface area (Å²) >= 11 is 5.84. The van der Waals surface area contributed by atoms with Gasteiger partial charge in [-0.05, 0) is 23.6 Å². The van der Waals surface area contributed by atoms with E-state index in [0.29, 0.717) is 18.5 Å². The minimum absolute atomic E-state index is 0.0963. The van der Waals surface area contributed by atoms with Gasteiger partial charge in [0.05, 0.1) is 5.02 Å². The van der Waals surface area contributed by atoms with Gasteiger partial charge in [0.1, 0.15) is 12.4 Å². The summed E-state index contributed by atoms with van der Waals surface area (Å²) in [5.41, 5.74) is 1.54. The number of alkyl carbamates (subject to hydrolysis) is 1. The van der Waals surface area contributed by atoms with E-state index in [0.717, 1.165) is 5.56 Å². The van der Waals surface area contributed by atoms with Crippen LogP contribution in [0.2, 0.25) is 5.02 Å². The molecule has 0 radical (unpaired) electrons. The highest BCUT2D eigenvalue weighted by Crippen LogP contribution is 2.20. The maximum atomic E-state index is 13.2. The van der Waals surface area contributed by atoms with Crippen LogP contribution in [0.4, 0.5) is 9.18 Å². The third-order valence-electron chi connectivity index (χ3n) is 3.07. The first-order valence-corrected chi connectivity index (χ1v) is 7.59. The first-order chi connectivity index (χ1) is 11.2. The number of rotatable bonds is 6. The van der Waals surface area contributed by atoms with E-state index in [1.54, 1.807) is 18.2 Å². The molecule has 0 heterocycles. The molecule has 0 saturated carbocycles. The van der Waals surface area contributed by atoms with Crippen LogP contribution >= 0.6 is 11.6 Å². The molecular weight excluding hydrogens is 317 g/mol. The van der Waals surface area contributed by atoms with Crippen molar-refractivity contribution in [1.82, 2.24) is 5.32 Å². The third-order valence-corrected chi connectivity index (χ3v) is 3.47. The van der Waals surface area contributed by atoms with Crippen LogP contribution in [0.5, 0.6) is 0 Å². The van der Waals surface area contributed by atoms with Crippen molar-refractivity contribution in [1.29, 1.82) is 0 Å². The molecule has 0 fully saturated rings. The number of amides is 1. The molecule has 2 aromatic rings. The van der Waals surface area contributed by atoms with Gasteiger partial charge >= 0.3 is 6.09 Å². The number of carbonyl (C=O) groups excluding carboxylic acids is 1. The topological polar surface area (TPSA) is 38.3 Å². The van der Waals surface area contributed by atoms with Crippen molar-refractivity contribution in [2.75, 3.05) is 6.54 Å². The van der Waals surface area contributed by atoms with Gasteiger partial charge in [0, 0.05) is 6.54 Å². The molecule has 120 valence electrons. The molecule has 0 aliphatic heterocycles. The van der Waals surface area contributed by atoms with Gasteiger partial charge in [0.2, 0.25) is 0 Å². The Balaban J connectivity index is 1.67. The number of hydrogen-bond donors (Lipinski definition) is 1. The van der Waals surface area contributed by atoms with E-state index in [-0.39, 0.29) is 11.6 Å². The normalized spacial score (nSPS) is 10.7. The van der Waals surface area contributed by atoms with Crippen molar-refractivity contribution < 1.29 is 13.9 Å². The van der Waals surface area contributed by atoms with E-state index >= 15 is 0 Å². The molecule has 23 heavy (non-hydrogen) atoms. The van der Waals surface area contributed by atoms with Crippen LogP contribution in [-0.4, -0.2) is 12.6 Å². The lowest BCUT2D eigenvalue weighted by molar-refractivity contribution is 0.140. The highest BCUT2D eigenvalue weighted by atomic mass is 35.5. The van der Waals surface area contributed by atoms with Gasteiger partial charge in [-0.1, -0.05) is 66.2 Å². The fraction of sp³-hybridized carbons (Fsp3) is 0.167. The van der Waals surface area contributed by atoms with Crippen molar-refractivity contribution in [3.63, 3.8) is 0 Å². The smallest absolute Gasteiger partial charge is 0.407 e.